The van der Waals surface area contributed by atoms with Crippen LogP contribution in [-0.2, 0) is 35.3 Å². The highest BCUT2D eigenvalue weighted by Gasteiger charge is 2.32. The zero-order chi connectivity index (χ0) is 33.7. The first-order valence-corrected chi connectivity index (χ1v) is 15.3. The Morgan fingerprint density at radius 1 is 0.978 bits per heavy atom. The van der Waals surface area contributed by atoms with Crippen LogP contribution >= 0.6 is 0 Å². The fraction of sp³-hybridized carbons (Fsp3) is 0.441. The zero-order valence-corrected chi connectivity index (χ0v) is 27.5. The number of carbonyl (C=O) groups excluding carboxylic acids is 4. The van der Waals surface area contributed by atoms with Crippen LogP contribution in [0, 0.1) is 0 Å². The Balaban J connectivity index is 0.000000738. The molecule has 0 aliphatic carbocycles. The normalized spacial score (nSPS) is 14.1. The summed E-state index contributed by atoms with van der Waals surface area (Å²) in [6.07, 6.45) is 4.16. The molecule has 1 saturated heterocycles. The molecule has 3 aromatic rings. The van der Waals surface area contributed by atoms with Crippen molar-refractivity contribution in [1.82, 2.24) is 25.1 Å². The van der Waals surface area contributed by atoms with Gasteiger partial charge in [-0.2, -0.15) is 0 Å². The monoisotopic (exact) mass is 634 g/mol. The van der Waals surface area contributed by atoms with Crippen LogP contribution in [0.25, 0.3) is 0 Å². The summed E-state index contributed by atoms with van der Waals surface area (Å²) in [6, 6.07) is 17.5. The molecule has 1 aliphatic heterocycles. The van der Waals surface area contributed by atoms with Crippen LogP contribution in [0.4, 0.5) is 5.82 Å². The number of likely N-dealkylation sites (N-methyl/N-ethyl adjacent to an activating group) is 1. The third kappa shape index (κ3) is 10.8. The third-order valence-electron chi connectivity index (χ3n) is 7.28. The molecule has 2 aromatic carbocycles. The molecule has 248 valence electrons. The summed E-state index contributed by atoms with van der Waals surface area (Å²) in [6.45, 7) is 11.1. The van der Waals surface area contributed by atoms with Gasteiger partial charge in [0.05, 0.1) is 25.1 Å². The summed E-state index contributed by atoms with van der Waals surface area (Å²) < 4.78 is 12.0. The molecule has 46 heavy (non-hydrogen) atoms. The largest absolute Gasteiger partial charge is 0.462 e. The lowest BCUT2D eigenvalue weighted by atomic mass is 10.0. The summed E-state index contributed by atoms with van der Waals surface area (Å²) in [4.78, 5) is 55.2. The smallest absolute Gasteiger partial charge is 0.293 e. The quantitative estimate of drug-likeness (QED) is 0.243. The zero-order valence-electron chi connectivity index (χ0n) is 27.5. The molecule has 3 N–H and O–H groups in total. The Morgan fingerprint density at radius 2 is 1.61 bits per heavy atom. The second-order valence-corrected chi connectivity index (χ2v) is 12.4. The Kier molecular flexibility index (Phi) is 13.0. The maximum atomic E-state index is 13.3. The van der Waals surface area contributed by atoms with Crippen molar-refractivity contribution in [3.05, 3.63) is 84.3 Å². The average Bonchev–Trinajstić information content (AvgIpc) is 3.44. The van der Waals surface area contributed by atoms with E-state index in [2.05, 4.69) is 25.7 Å². The first-order valence-electron chi connectivity index (χ1n) is 15.3. The van der Waals surface area contributed by atoms with E-state index in [0.717, 1.165) is 30.6 Å². The molecule has 2 heterocycles. The number of carbonyl (C=O) groups is 4. The number of imidazole rings is 1. The number of likely N-dealkylation sites (tertiary alicyclic amines) is 1. The summed E-state index contributed by atoms with van der Waals surface area (Å²) >= 11 is 0. The molecule has 0 saturated carbocycles. The number of nitrogens with zero attached hydrogens (tertiary/aromatic N) is 3. The number of rotatable bonds is 13. The molecule has 3 amide bonds. The van der Waals surface area contributed by atoms with Crippen molar-refractivity contribution in [2.75, 3.05) is 32.1 Å². The molecular weight excluding hydrogens is 588 g/mol. The van der Waals surface area contributed by atoms with Crippen molar-refractivity contribution in [2.45, 2.75) is 70.9 Å². The van der Waals surface area contributed by atoms with Gasteiger partial charge in [-0.05, 0) is 59.2 Å². The van der Waals surface area contributed by atoms with Crippen LogP contribution in [0.3, 0.4) is 0 Å². The van der Waals surface area contributed by atoms with Crippen molar-refractivity contribution >= 4 is 30.0 Å². The fourth-order valence-electron chi connectivity index (χ4n) is 4.19. The van der Waals surface area contributed by atoms with Gasteiger partial charge < -0.3 is 34.9 Å². The number of nitrogens with one attached hydrogen (secondary N) is 3. The van der Waals surface area contributed by atoms with Crippen LogP contribution < -0.4 is 16.0 Å². The second kappa shape index (κ2) is 16.7. The second-order valence-electron chi connectivity index (χ2n) is 12.4. The highest BCUT2D eigenvalue weighted by Crippen LogP contribution is 2.25. The van der Waals surface area contributed by atoms with Gasteiger partial charge in [0.15, 0.2) is 5.82 Å². The Bertz CT molecular complexity index is 1420. The van der Waals surface area contributed by atoms with E-state index in [1.807, 2.05) is 86.3 Å². The van der Waals surface area contributed by atoms with Crippen LogP contribution in [0.15, 0.2) is 73.2 Å². The highest BCUT2D eigenvalue weighted by molar-refractivity contribution is 5.98. The Morgan fingerprint density at radius 3 is 2.13 bits per heavy atom. The lowest BCUT2D eigenvalue weighted by Crippen LogP contribution is -2.57. The number of amides is 3. The molecule has 4 rings (SSSR count). The van der Waals surface area contributed by atoms with E-state index >= 15 is 0 Å². The van der Waals surface area contributed by atoms with Gasteiger partial charge in [-0.15, -0.1) is 0 Å². The summed E-state index contributed by atoms with van der Waals surface area (Å²) in [5.74, 6) is -0.564. The summed E-state index contributed by atoms with van der Waals surface area (Å²) in [5.41, 5.74) is 0.580. The number of ether oxygens (including phenoxy) is 2. The number of hydrogen-bond donors (Lipinski definition) is 3. The van der Waals surface area contributed by atoms with E-state index < -0.39 is 23.5 Å². The van der Waals surface area contributed by atoms with Crippen molar-refractivity contribution in [3.8, 4) is 0 Å². The van der Waals surface area contributed by atoms with Crippen LogP contribution in [0.2, 0.25) is 0 Å². The standard InChI is InChI=1S/C29H36N6O4.C5H10O2/c1-29(2,30-3)28(38)32-23(19-39-18-21-11-6-4-7-12-21)26(36)33-24-17-35(20-31-24)25(22-13-8-5-9-14-22)27(37)34-15-10-16-34;1-5(2,3)7-4-6/h4-9,11-14,17,20,23,25,30H,10,15-16,18-19H2,1-3H3,(H,32,38)(H,33,36);4H,1-3H3. The molecule has 12 heteroatoms. The van der Waals surface area contributed by atoms with Crippen LogP contribution in [0.5, 0.6) is 0 Å². The topological polar surface area (TPSA) is 144 Å². The van der Waals surface area contributed by atoms with Gasteiger partial charge in [0.1, 0.15) is 17.7 Å². The number of benzene rings is 2. The molecule has 2 atom stereocenters. The molecule has 0 bridgehead atoms. The minimum atomic E-state index is -0.966. The molecular formula is C34H46N6O6. The molecule has 0 radical (unpaired) electrons. The predicted octanol–water partition coefficient (Wildman–Crippen LogP) is 3.30. The number of aromatic nitrogens is 2. The van der Waals surface area contributed by atoms with Gasteiger partial charge in [-0.1, -0.05) is 60.7 Å². The van der Waals surface area contributed by atoms with E-state index in [-0.39, 0.29) is 29.8 Å². The molecule has 1 fully saturated rings. The molecule has 2 unspecified atom stereocenters. The van der Waals surface area contributed by atoms with Crippen molar-refractivity contribution in [2.24, 2.45) is 0 Å². The molecule has 1 aliphatic rings. The SMILES string of the molecule is CC(C)(C)OC=O.CNC(C)(C)C(=O)NC(COCc1ccccc1)C(=O)Nc1cn(C(C(=O)N2CCC2)c2ccccc2)cn1. The lowest BCUT2D eigenvalue weighted by Gasteiger charge is -2.34. The first kappa shape index (κ1) is 35.9. The van der Waals surface area contributed by atoms with Crippen molar-refractivity contribution in [3.63, 3.8) is 0 Å². The molecule has 0 spiro atoms. The van der Waals surface area contributed by atoms with Crippen molar-refractivity contribution < 1.29 is 28.7 Å². The van der Waals surface area contributed by atoms with E-state index in [4.69, 9.17) is 4.74 Å². The van der Waals surface area contributed by atoms with Crippen LogP contribution in [0.1, 0.15) is 58.2 Å². The maximum absolute atomic E-state index is 13.3. The number of hydrogen-bond acceptors (Lipinski definition) is 8. The van der Waals surface area contributed by atoms with Gasteiger partial charge in [0, 0.05) is 19.3 Å². The number of anilines is 1. The van der Waals surface area contributed by atoms with E-state index in [9.17, 15) is 19.2 Å². The third-order valence-corrected chi connectivity index (χ3v) is 7.28. The van der Waals surface area contributed by atoms with E-state index in [0.29, 0.717) is 13.1 Å². The molecule has 1 aromatic heterocycles. The van der Waals surface area contributed by atoms with Gasteiger partial charge in [-0.25, -0.2) is 4.98 Å². The van der Waals surface area contributed by atoms with Gasteiger partial charge in [0.2, 0.25) is 11.8 Å². The van der Waals surface area contributed by atoms with Gasteiger partial charge >= 0.3 is 0 Å². The Labute approximate surface area is 270 Å². The Hall–Kier alpha value is -4.55. The minimum absolute atomic E-state index is 0.0172. The van der Waals surface area contributed by atoms with Crippen LogP contribution in [-0.4, -0.2) is 82.6 Å². The van der Waals surface area contributed by atoms with Gasteiger partial charge in [-0.3, -0.25) is 19.2 Å². The highest BCUT2D eigenvalue weighted by atomic mass is 16.5. The summed E-state index contributed by atoms with van der Waals surface area (Å²) in [5, 5.41) is 8.50. The lowest BCUT2D eigenvalue weighted by molar-refractivity contribution is -0.139. The van der Waals surface area contributed by atoms with E-state index in [1.54, 1.807) is 31.7 Å². The average molecular weight is 635 g/mol. The van der Waals surface area contributed by atoms with Gasteiger partial charge in [0.25, 0.3) is 12.4 Å². The minimum Gasteiger partial charge on any atom is -0.462 e. The predicted molar refractivity (Wildman–Crippen MR) is 175 cm³/mol. The fourth-order valence-corrected chi connectivity index (χ4v) is 4.19. The first-order chi connectivity index (χ1) is 21.8. The van der Waals surface area contributed by atoms with Crippen molar-refractivity contribution in [1.29, 1.82) is 0 Å². The van der Waals surface area contributed by atoms with E-state index in [1.165, 1.54) is 6.33 Å². The molecule has 12 nitrogen and oxygen atoms in total. The summed E-state index contributed by atoms with van der Waals surface area (Å²) in [7, 11) is 1.68. The maximum Gasteiger partial charge on any atom is 0.293 e.